The van der Waals surface area contributed by atoms with Crippen molar-refractivity contribution in [2.24, 2.45) is 0 Å². The Morgan fingerprint density at radius 1 is 0.906 bits per heavy atom. The summed E-state index contributed by atoms with van der Waals surface area (Å²) in [6.07, 6.45) is -4.61. The van der Waals surface area contributed by atoms with Crippen LogP contribution >= 0.6 is 0 Å². The molecule has 2 aromatic carbocycles. The zero-order valence-corrected chi connectivity index (χ0v) is 16.4. The summed E-state index contributed by atoms with van der Waals surface area (Å²) in [5, 5.41) is 68.9. The first-order valence-electron chi connectivity index (χ1n) is 9.25. The number of benzene rings is 2. The lowest BCUT2D eigenvalue weighted by atomic mass is 10.1. The van der Waals surface area contributed by atoms with Crippen molar-refractivity contribution in [1.29, 1.82) is 0 Å². The monoisotopic (exact) mass is 446 g/mol. The van der Waals surface area contributed by atoms with Gasteiger partial charge in [-0.3, -0.25) is 4.79 Å². The molecular formula is C21H18O11. The van der Waals surface area contributed by atoms with Gasteiger partial charge in [-0.05, 0) is 25.1 Å². The number of fused-ring (bicyclic) bond motifs is 1. The maximum atomic E-state index is 13.2. The van der Waals surface area contributed by atoms with Crippen molar-refractivity contribution >= 4 is 11.0 Å². The molecule has 0 bridgehead atoms. The Morgan fingerprint density at radius 3 is 2.31 bits per heavy atom. The third kappa shape index (κ3) is 3.39. The van der Waals surface area contributed by atoms with Gasteiger partial charge < -0.3 is 49.6 Å². The Bertz CT molecular complexity index is 1310. The fraction of sp³-hybridized carbons (Fsp3) is 0.190. The van der Waals surface area contributed by atoms with Gasteiger partial charge in [0, 0.05) is 17.7 Å². The van der Waals surface area contributed by atoms with Crippen LogP contribution in [0.15, 0.2) is 51.1 Å². The van der Waals surface area contributed by atoms with Gasteiger partial charge in [0.2, 0.25) is 17.5 Å². The lowest BCUT2D eigenvalue weighted by Gasteiger charge is -2.31. The molecule has 0 saturated carbocycles. The number of rotatable bonds is 3. The van der Waals surface area contributed by atoms with Crippen LogP contribution in [0.3, 0.4) is 0 Å². The van der Waals surface area contributed by atoms with E-state index in [0.29, 0.717) is 0 Å². The van der Waals surface area contributed by atoms with Gasteiger partial charge in [-0.1, -0.05) is 0 Å². The van der Waals surface area contributed by atoms with Gasteiger partial charge in [0.15, 0.2) is 34.9 Å². The molecule has 11 heteroatoms. The van der Waals surface area contributed by atoms with Crippen molar-refractivity contribution in [3.8, 4) is 40.1 Å². The number of aromatic hydroxyl groups is 4. The summed E-state index contributed by atoms with van der Waals surface area (Å²) in [4.78, 5) is 13.2. The summed E-state index contributed by atoms with van der Waals surface area (Å²) in [6, 6.07) is 5.47. The van der Waals surface area contributed by atoms with E-state index >= 15 is 0 Å². The van der Waals surface area contributed by atoms with Crippen molar-refractivity contribution in [1.82, 2.24) is 0 Å². The fourth-order valence-electron chi connectivity index (χ4n) is 3.27. The summed E-state index contributed by atoms with van der Waals surface area (Å²) in [5.74, 6) is -4.29. The van der Waals surface area contributed by atoms with Crippen molar-refractivity contribution < 1.29 is 49.6 Å². The van der Waals surface area contributed by atoms with Crippen molar-refractivity contribution in [2.45, 2.75) is 25.4 Å². The minimum Gasteiger partial charge on any atom is -0.508 e. The van der Waals surface area contributed by atoms with Gasteiger partial charge >= 0.3 is 0 Å². The van der Waals surface area contributed by atoms with E-state index in [2.05, 4.69) is 0 Å². The van der Waals surface area contributed by atoms with Gasteiger partial charge in [-0.2, -0.15) is 0 Å². The van der Waals surface area contributed by atoms with E-state index in [4.69, 9.17) is 13.9 Å². The molecule has 3 atom stereocenters. The number of phenols is 4. The lowest BCUT2D eigenvalue weighted by Crippen LogP contribution is -2.44. The number of aliphatic hydroxyl groups excluding tert-OH is 3. The van der Waals surface area contributed by atoms with Gasteiger partial charge in [0.1, 0.15) is 28.6 Å². The first kappa shape index (κ1) is 21.2. The second-order valence-electron chi connectivity index (χ2n) is 7.11. The standard InChI is InChI=1S/C21H18O11/c1-7-15(26)17(28)18(29)21(30-7)32-20-16(27)14-12(25)5-9(22)6-13(14)31-19(20)8-2-3-10(23)11(24)4-8/h2-7,18,21-26,28-29H,1H3/t7-,18+,21-/m0/s1. The lowest BCUT2D eigenvalue weighted by molar-refractivity contribution is -0.181. The molecule has 7 N–H and O–H groups in total. The summed E-state index contributed by atoms with van der Waals surface area (Å²) in [7, 11) is 0. The summed E-state index contributed by atoms with van der Waals surface area (Å²) in [5.41, 5.74) is -1.09. The van der Waals surface area contributed by atoms with E-state index in [-0.39, 0.29) is 22.3 Å². The molecule has 2 heterocycles. The van der Waals surface area contributed by atoms with E-state index in [1.807, 2.05) is 0 Å². The van der Waals surface area contributed by atoms with Crippen LogP contribution in [0.1, 0.15) is 6.92 Å². The van der Waals surface area contributed by atoms with Crippen LogP contribution < -0.4 is 10.2 Å². The van der Waals surface area contributed by atoms with Crippen molar-refractivity contribution in [2.75, 3.05) is 0 Å². The highest BCUT2D eigenvalue weighted by Gasteiger charge is 2.38. The molecule has 1 aromatic heterocycles. The molecule has 11 nitrogen and oxygen atoms in total. The number of hydrogen-bond donors (Lipinski definition) is 7. The summed E-state index contributed by atoms with van der Waals surface area (Å²) in [6.45, 7) is 1.37. The SMILES string of the molecule is C[C@@H]1O[C@@H](Oc2c(-c3ccc(O)c(O)c3)oc3cc(O)cc(O)c3c2=O)[C@H](O)C(O)=C1O. The van der Waals surface area contributed by atoms with Crippen LogP contribution in [-0.4, -0.2) is 54.2 Å². The minimum atomic E-state index is -1.87. The first-order chi connectivity index (χ1) is 15.1. The molecule has 0 saturated heterocycles. The predicted octanol–water partition coefficient (Wildman–Crippen LogP) is 2.09. The topological polar surface area (TPSA) is 190 Å². The van der Waals surface area contributed by atoms with E-state index in [9.17, 15) is 40.5 Å². The fourth-order valence-corrected chi connectivity index (χ4v) is 3.27. The number of hydrogen-bond acceptors (Lipinski definition) is 11. The highest BCUT2D eigenvalue weighted by molar-refractivity contribution is 5.88. The molecule has 1 aliphatic heterocycles. The largest absolute Gasteiger partial charge is 0.508 e. The van der Waals surface area contributed by atoms with E-state index in [0.717, 1.165) is 24.3 Å². The Kier molecular flexibility index (Phi) is 4.99. The van der Waals surface area contributed by atoms with Gasteiger partial charge in [0.25, 0.3) is 0 Å². The smallest absolute Gasteiger partial charge is 0.239 e. The van der Waals surface area contributed by atoms with Crippen molar-refractivity contribution in [3.63, 3.8) is 0 Å². The molecule has 0 amide bonds. The number of ether oxygens (including phenoxy) is 2. The Labute approximate surface area is 178 Å². The van der Waals surface area contributed by atoms with Crippen LogP contribution in [-0.2, 0) is 4.74 Å². The second-order valence-corrected chi connectivity index (χ2v) is 7.11. The maximum Gasteiger partial charge on any atom is 0.239 e. The van der Waals surface area contributed by atoms with Crippen LogP contribution in [0.5, 0.6) is 28.7 Å². The van der Waals surface area contributed by atoms with E-state index in [1.54, 1.807) is 0 Å². The second kappa shape index (κ2) is 7.55. The van der Waals surface area contributed by atoms with Crippen LogP contribution in [0, 0.1) is 0 Å². The number of aliphatic hydroxyl groups is 3. The molecule has 0 unspecified atom stereocenters. The molecule has 0 aliphatic carbocycles. The van der Waals surface area contributed by atoms with Crippen LogP contribution in [0.4, 0.5) is 0 Å². The molecule has 0 radical (unpaired) electrons. The molecule has 0 spiro atoms. The van der Waals surface area contributed by atoms with Gasteiger partial charge in [0.05, 0.1) is 0 Å². The summed E-state index contributed by atoms with van der Waals surface area (Å²) >= 11 is 0. The Morgan fingerprint density at radius 2 is 1.62 bits per heavy atom. The summed E-state index contributed by atoms with van der Waals surface area (Å²) < 4.78 is 16.5. The van der Waals surface area contributed by atoms with E-state index in [1.165, 1.54) is 13.0 Å². The molecule has 4 rings (SSSR count). The molecule has 32 heavy (non-hydrogen) atoms. The minimum absolute atomic E-state index is 0.0538. The zero-order chi connectivity index (χ0) is 23.3. The molecular weight excluding hydrogens is 428 g/mol. The van der Waals surface area contributed by atoms with Crippen LogP contribution in [0.25, 0.3) is 22.3 Å². The normalized spacial score (nSPS) is 21.1. The van der Waals surface area contributed by atoms with Gasteiger partial charge in [-0.25, -0.2) is 0 Å². The maximum absolute atomic E-state index is 13.2. The van der Waals surface area contributed by atoms with Gasteiger partial charge in [-0.15, -0.1) is 0 Å². The highest BCUT2D eigenvalue weighted by Crippen LogP contribution is 2.39. The first-order valence-corrected chi connectivity index (χ1v) is 9.25. The highest BCUT2D eigenvalue weighted by atomic mass is 16.7. The molecule has 3 aromatic rings. The number of phenolic OH excluding ortho intramolecular Hbond substituents is 4. The third-order valence-electron chi connectivity index (χ3n) is 4.91. The average molecular weight is 446 g/mol. The molecule has 168 valence electrons. The Balaban J connectivity index is 1.94. The molecule has 0 fully saturated rings. The average Bonchev–Trinajstić information content (AvgIpc) is 2.73. The van der Waals surface area contributed by atoms with Crippen molar-refractivity contribution in [3.05, 3.63) is 52.1 Å². The molecule has 1 aliphatic rings. The zero-order valence-electron chi connectivity index (χ0n) is 16.4. The Hall–Kier alpha value is -4.09. The van der Waals surface area contributed by atoms with E-state index < -0.39 is 64.2 Å². The predicted molar refractivity (Wildman–Crippen MR) is 108 cm³/mol. The third-order valence-corrected chi connectivity index (χ3v) is 4.91. The van der Waals surface area contributed by atoms with Crippen LogP contribution in [0.2, 0.25) is 0 Å². The quantitative estimate of drug-likeness (QED) is 0.292.